The number of ether oxygens (including phenoxy) is 1. The van der Waals surface area contributed by atoms with Gasteiger partial charge >= 0.3 is 0 Å². The molecule has 1 aromatic rings. The van der Waals surface area contributed by atoms with Crippen molar-refractivity contribution in [3.63, 3.8) is 0 Å². The summed E-state index contributed by atoms with van der Waals surface area (Å²) in [7, 11) is 2.21. The van der Waals surface area contributed by atoms with Crippen molar-refractivity contribution in [1.29, 1.82) is 0 Å². The molecule has 3 N–H and O–H groups in total. The highest BCUT2D eigenvalue weighted by atomic mass is 127. The Hall–Kier alpha value is -0.940. The van der Waals surface area contributed by atoms with Crippen LogP contribution in [0, 0.1) is 0 Å². The first-order valence-corrected chi connectivity index (χ1v) is 11.0. The molecule has 170 valence electrons. The van der Waals surface area contributed by atoms with Crippen molar-refractivity contribution in [2.45, 2.75) is 18.9 Å². The van der Waals surface area contributed by atoms with Gasteiger partial charge in [-0.05, 0) is 25.5 Å². The molecule has 1 atom stereocenters. The third-order valence-corrected chi connectivity index (χ3v) is 5.83. The van der Waals surface area contributed by atoms with Crippen LogP contribution in [0.1, 0.15) is 24.4 Å². The number of halogens is 1. The van der Waals surface area contributed by atoms with Gasteiger partial charge in [-0.15, -0.1) is 24.0 Å². The third kappa shape index (κ3) is 8.66. The standard InChI is InChI=1S/C22H38N6O.HI/c1-26-13-14-28(21(19-26)20-7-3-2-4-8-20)12-6-10-25-22(23)24-9-5-11-27-15-17-29-18-16-27;/h2-4,7-8,21H,5-6,9-19H2,1H3,(H3,23,24,25);1H. The molecule has 0 aliphatic carbocycles. The minimum Gasteiger partial charge on any atom is -0.379 e. The minimum atomic E-state index is 0. The maximum absolute atomic E-state index is 6.03. The Labute approximate surface area is 199 Å². The van der Waals surface area contributed by atoms with Gasteiger partial charge in [-0.3, -0.25) is 14.8 Å². The van der Waals surface area contributed by atoms with E-state index >= 15 is 0 Å². The van der Waals surface area contributed by atoms with E-state index in [1.54, 1.807) is 0 Å². The number of likely N-dealkylation sites (N-methyl/N-ethyl adjacent to an activating group) is 1. The molecule has 0 amide bonds. The number of nitrogens with one attached hydrogen (secondary N) is 1. The van der Waals surface area contributed by atoms with E-state index in [0.717, 1.165) is 85.0 Å². The van der Waals surface area contributed by atoms with Crippen LogP contribution in [-0.2, 0) is 4.74 Å². The number of guanidine groups is 1. The average molecular weight is 530 g/mol. The number of hydrogen-bond acceptors (Lipinski definition) is 5. The Morgan fingerprint density at radius 1 is 1.10 bits per heavy atom. The van der Waals surface area contributed by atoms with Crippen LogP contribution in [0.15, 0.2) is 35.3 Å². The fourth-order valence-electron chi connectivity index (χ4n) is 4.09. The third-order valence-electron chi connectivity index (χ3n) is 5.83. The molecule has 30 heavy (non-hydrogen) atoms. The topological polar surface area (TPSA) is 69.4 Å². The summed E-state index contributed by atoms with van der Waals surface area (Å²) in [4.78, 5) is 11.9. The fourth-order valence-corrected chi connectivity index (χ4v) is 4.09. The van der Waals surface area contributed by atoms with Crippen molar-refractivity contribution in [3.05, 3.63) is 35.9 Å². The van der Waals surface area contributed by atoms with Crippen LogP contribution in [0.3, 0.4) is 0 Å². The number of aliphatic imine (C=N–C) groups is 1. The summed E-state index contributed by atoms with van der Waals surface area (Å²) in [6.45, 7) is 10.9. The Kier molecular flexibility index (Phi) is 12.0. The lowest BCUT2D eigenvalue weighted by molar-refractivity contribution is 0.0377. The van der Waals surface area contributed by atoms with Gasteiger partial charge in [0.2, 0.25) is 0 Å². The first-order valence-electron chi connectivity index (χ1n) is 11.0. The van der Waals surface area contributed by atoms with E-state index in [-0.39, 0.29) is 24.0 Å². The first-order chi connectivity index (χ1) is 14.2. The van der Waals surface area contributed by atoms with E-state index in [0.29, 0.717) is 12.0 Å². The summed E-state index contributed by atoms with van der Waals surface area (Å²) >= 11 is 0. The molecule has 2 heterocycles. The Morgan fingerprint density at radius 2 is 1.87 bits per heavy atom. The van der Waals surface area contributed by atoms with E-state index in [1.165, 1.54) is 5.56 Å². The molecule has 1 aromatic carbocycles. The molecule has 0 aromatic heterocycles. The minimum absolute atomic E-state index is 0. The van der Waals surface area contributed by atoms with Gasteiger partial charge in [0.05, 0.1) is 13.2 Å². The Bertz CT molecular complexity index is 611. The van der Waals surface area contributed by atoms with Gasteiger partial charge < -0.3 is 20.7 Å². The maximum Gasteiger partial charge on any atom is 0.188 e. The first kappa shape index (κ1) is 25.3. The molecule has 2 saturated heterocycles. The Balaban J connectivity index is 0.00000320. The highest BCUT2D eigenvalue weighted by Gasteiger charge is 2.25. The number of nitrogens with two attached hydrogens (primary N) is 1. The van der Waals surface area contributed by atoms with Crippen LogP contribution in [0.25, 0.3) is 0 Å². The van der Waals surface area contributed by atoms with Crippen molar-refractivity contribution >= 4 is 29.9 Å². The molecule has 0 radical (unpaired) electrons. The van der Waals surface area contributed by atoms with Gasteiger partial charge in [0.15, 0.2) is 5.96 Å². The van der Waals surface area contributed by atoms with Crippen molar-refractivity contribution < 1.29 is 4.74 Å². The van der Waals surface area contributed by atoms with Crippen LogP contribution in [-0.4, -0.2) is 99.8 Å². The quantitative estimate of drug-likeness (QED) is 0.219. The summed E-state index contributed by atoms with van der Waals surface area (Å²) in [6.07, 6.45) is 2.11. The fraction of sp³-hybridized carbons (Fsp3) is 0.682. The molecule has 2 fully saturated rings. The molecule has 1 unspecified atom stereocenters. The molecule has 3 rings (SSSR count). The van der Waals surface area contributed by atoms with E-state index in [2.05, 4.69) is 62.4 Å². The van der Waals surface area contributed by atoms with Crippen LogP contribution in [0.2, 0.25) is 0 Å². The number of piperazine rings is 1. The van der Waals surface area contributed by atoms with Gasteiger partial charge in [-0.2, -0.15) is 0 Å². The molecular weight excluding hydrogens is 491 g/mol. The molecule has 7 nitrogen and oxygen atoms in total. The van der Waals surface area contributed by atoms with E-state index in [9.17, 15) is 0 Å². The van der Waals surface area contributed by atoms with Crippen molar-refractivity contribution in [2.24, 2.45) is 10.7 Å². The largest absolute Gasteiger partial charge is 0.379 e. The summed E-state index contributed by atoms with van der Waals surface area (Å²) in [5, 5.41) is 3.28. The van der Waals surface area contributed by atoms with E-state index < -0.39 is 0 Å². The van der Waals surface area contributed by atoms with Crippen LogP contribution in [0.5, 0.6) is 0 Å². The highest BCUT2D eigenvalue weighted by Crippen LogP contribution is 2.24. The zero-order valence-electron chi connectivity index (χ0n) is 18.3. The van der Waals surface area contributed by atoms with Crippen LogP contribution < -0.4 is 11.1 Å². The number of rotatable bonds is 9. The SMILES string of the molecule is CN1CCN(CCCNC(N)=NCCCN2CCOCC2)C(c2ccccc2)C1.I. The lowest BCUT2D eigenvalue weighted by Gasteiger charge is -2.40. The van der Waals surface area contributed by atoms with E-state index in [4.69, 9.17) is 10.5 Å². The van der Waals surface area contributed by atoms with Crippen LogP contribution in [0.4, 0.5) is 0 Å². The maximum atomic E-state index is 6.03. The predicted molar refractivity (Wildman–Crippen MR) is 135 cm³/mol. The summed E-state index contributed by atoms with van der Waals surface area (Å²) in [5.41, 5.74) is 7.44. The van der Waals surface area contributed by atoms with Crippen LogP contribution >= 0.6 is 24.0 Å². The second-order valence-corrected chi connectivity index (χ2v) is 8.08. The van der Waals surface area contributed by atoms with Crippen molar-refractivity contribution in [1.82, 2.24) is 20.0 Å². The molecule has 2 aliphatic heterocycles. The molecular formula is C22H39IN6O. The second kappa shape index (κ2) is 14.2. The Morgan fingerprint density at radius 3 is 2.63 bits per heavy atom. The van der Waals surface area contributed by atoms with Crippen molar-refractivity contribution in [2.75, 3.05) is 79.2 Å². The lowest BCUT2D eigenvalue weighted by Crippen LogP contribution is -2.47. The molecule has 0 spiro atoms. The zero-order chi connectivity index (χ0) is 20.3. The molecule has 2 aliphatic rings. The number of morpholine rings is 1. The molecule has 0 saturated carbocycles. The molecule has 8 heteroatoms. The lowest BCUT2D eigenvalue weighted by atomic mass is 10.0. The molecule has 0 bridgehead atoms. The van der Waals surface area contributed by atoms with Gasteiger partial charge in [0.25, 0.3) is 0 Å². The summed E-state index contributed by atoms with van der Waals surface area (Å²) in [6, 6.07) is 11.3. The van der Waals surface area contributed by atoms with Gasteiger partial charge in [0.1, 0.15) is 0 Å². The van der Waals surface area contributed by atoms with Gasteiger partial charge in [0, 0.05) is 64.9 Å². The number of hydrogen-bond donors (Lipinski definition) is 2. The average Bonchev–Trinajstić information content (AvgIpc) is 2.76. The predicted octanol–water partition coefficient (Wildman–Crippen LogP) is 1.61. The summed E-state index contributed by atoms with van der Waals surface area (Å²) in [5.74, 6) is 0.574. The number of nitrogens with zero attached hydrogens (tertiary/aromatic N) is 4. The normalized spacial score (nSPS) is 21.9. The number of benzene rings is 1. The monoisotopic (exact) mass is 530 g/mol. The van der Waals surface area contributed by atoms with Gasteiger partial charge in [-0.25, -0.2) is 0 Å². The second-order valence-electron chi connectivity index (χ2n) is 8.08. The smallest absolute Gasteiger partial charge is 0.188 e. The highest BCUT2D eigenvalue weighted by molar-refractivity contribution is 14.0. The van der Waals surface area contributed by atoms with Crippen molar-refractivity contribution in [3.8, 4) is 0 Å². The van der Waals surface area contributed by atoms with Gasteiger partial charge in [-0.1, -0.05) is 30.3 Å². The summed E-state index contributed by atoms with van der Waals surface area (Å²) < 4.78 is 5.37. The van der Waals surface area contributed by atoms with E-state index in [1.807, 2.05) is 0 Å². The zero-order valence-corrected chi connectivity index (χ0v) is 20.7.